The number of nitrogens with one attached hydrogen (secondary N) is 1. The summed E-state index contributed by atoms with van der Waals surface area (Å²) in [7, 11) is 0. The molecule has 0 saturated heterocycles. The summed E-state index contributed by atoms with van der Waals surface area (Å²) < 4.78 is 19.5. The van der Waals surface area contributed by atoms with Crippen LogP contribution in [-0.4, -0.2) is 16.1 Å². The Kier molecular flexibility index (Phi) is 5.18. The lowest BCUT2D eigenvalue weighted by Gasteiger charge is -2.18. The van der Waals surface area contributed by atoms with Crippen LogP contribution in [0.3, 0.4) is 0 Å². The minimum Gasteiger partial charge on any atom is -0.424 e. The van der Waals surface area contributed by atoms with Crippen molar-refractivity contribution in [3.8, 4) is 0 Å². The number of amides is 1. The molecular weight excluding hydrogens is 321 g/mol. The summed E-state index contributed by atoms with van der Waals surface area (Å²) in [6, 6.07) is 16.0. The van der Waals surface area contributed by atoms with Gasteiger partial charge in [0.15, 0.2) is 0 Å². The van der Waals surface area contributed by atoms with Gasteiger partial charge in [-0.15, -0.1) is 10.2 Å². The molecule has 0 aliphatic rings. The fraction of sp³-hybridized carbons (Fsp3) is 0.211. The largest absolute Gasteiger partial charge is 0.424 e. The molecule has 1 atom stereocenters. The number of aryl methyl sites for hydroxylation is 1. The van der Waals surface area contributed by atoms with Crippen molar-refractivity contribution in [1.82, 2.24) is 15.5 Å². The lowest BCUT2D eigenvalue weighted by molar-refractivity contribution is -0.121. The van der Waals surface area contributed by atoms with Gasteiger partial charge in [0.05, 0.1) is 6.54 Å². The highest BCUT2D eigenvalue weighted by atomic mass is 19.1. The van der Waals surface area contributed by atoms with Gasteiger partial charge in [0.25, 0.3) is 0 Å². The Morgan fingerprint density at radius 1 is 1.12 bits per heavy atom. The van der Waals surface area contributed by atoms with E-state index >= 15 is 0 Å². The summed E-state index contributed by atoms with van der Waals surface area (Å²) in [6.07, 6.45) is 0.123. The zero-order chi connectivity index (χ0) is 17.6. The number of hydrogen-bond donors (Lipinski definition) is 1. The van der Waals surface area contributed by atoms with E-state index in [1.54, 1.807) is 25.1 Å². The maximum atomic E-state index is 14.3. The van der Waals surface area contributed by atoms with Gasteiger partial charge in [-0.2, -0.15) is 0 Å². The quantitative estimate of drug-likeness (QED) is 0.748. The first-order chi connectivity index (χ1) is 12.1. The molecule has 0 bridgehead atoms. The third kappa shape index (κ3) is 4.29. The van der Waals surface area contributed by atoms with E-state index in [0.717, 1.165) is 5.56 Å². The first-order valence-corrected chi connectivity index (χ1v) is 7.98. The van der Waals surface area contributed by atoms with Gasteiger partial charge in [-0.25, -0.2) is 4.39 Å². The van der Waals surface area contributed by atoms with Crippen molar-refractivity contribution >= 4 is 5.91 Å². The summed E-state index contributed by atoms with van der Waals surface area (Å²) in [5.41, 5.74) is 1.38. The van der Waals surface area contributed by atoms with Crippen molar-refractivity contribution in [2.75, 3.05) is 0 Å². The predicted molar refractivity (Wildman–Crippen MR) is 90.2 cm³/mol. The van der Waals surface area contributed by atoms with Crippen LogP contribution in [0.2, 0.25) is 0 Å². The molecule has 25 heavy (non-hydrogen) atoms. The molecule has 2 aromatic carbocycles. The van der Waals surface area contributed by atoms with Gasteiger partial charge in [-0.3, -0.25) is 4.79 Å². The maximum Gasteiger partial charge on any atom is 0.235 e. The lowest BCUT2D eigenvalue weighted by atomic mass is 9.88. The van der Waals surface area contributed by atoms with E-state index in [4.69, 9.17) is 4.42 Å². The molecule has 0 saturated carbocycles. The summed E-state index contributed by atoms with van der Waals surface area (Å²) in [5.74, 6) is -0.123. The van der Waals surface area contributed by atoms with E-state index in [1.807, 2.05) is 30.3 Å². The second kappa shape index (κ2) is 7.70. The van der Waals surface area contributed by atoms with Gasteiger partial charge >= 0.3 is 0 Å². The molecule has 0 spiro atoms. The molecule has 5 nitrogen and oxygen atoms in total. The number of hydrogen-bond acceptors (Lipinski definition) is 4. The first kappa shape index (κ1) is 16.8. The fourth-order valence-corrected chi connectivity index (χ4v) is 2.69. The molecule has 3 rings (SSSR count). The number of carbonyl (C=O) groups excluding carboxylic acids is 1. The molecule has 6 heteroatoms. The van der Waals surface area contributed by atoms with Crippen LogP contribution in [-0.2, 0) is 11.3 Å². The molecule has 1 N–H and O–H groups in total. The third-order valence-electron chi connectivity index (χ3n) is 3.88. The van der Waals surface area contributed by atoms with Crippen LogP contribution in [0.5, 0.6) is 0 Å². The van der Waals surface area contributed by atoms with E-state index in [1.165, 1.54) is 6.07 Å². The van der Waals surface area contributed by atoms with E-state index in [0.29, 0.717) is 17.3 Å². The smallest absolute Gasteiger partial charge is 0.235 e. The minimum absolute atomic E-state index is 0.123. The van der Waals surface area contributed by atoms with Crippen molar-refractivity contribution in [2.45, 2.75) is 25.8 Å². The highest BCUT2D eigenvalue weighted by Gasteiger charge is 2.21. The van der Waals surface area contributed by atoms with Crippen LogP contribution in [0.1, 0.15) is 35.2 Å². The Balaban J connectivity index is 1.76. The average molecular weight is 339 g/mol. The standard InChI is InChI=1S/C19H18FN3O2/c1-13-22-23-19(25-13)12-21-18(24)11-16(14-7-3-2-4-8-14)15-9-5-6-10-17(15)20/h2-10,16H,11-12H2,1H3,(H,21,24)/t16-/m0/s1. The van der Waals surface area contributed by atoms with Crippen LogP contribution >= 0.6 is 0 Å². The Morgan fingerprint density at radius 2 is 1.84 bits per heavy atom. The molecule has 1 amide bonds. The molecule has 3 aromatic rings. The molecule has 1 aromatic heterocycles. The second-order valence-corrected chi connectivity index (χ2v) is 5.68. The zero-order valence-electron chi connectivity index (χ0n) is 13.8. The molecule has 0 aliphatic heterocycles. The molecule has 0 unspecified atom stereocenters. The predicted octanol–water partition coefficient (Wildman–Crippen LogP) is 3.36. The Bertz CT molecular complexity index is 849. The van der Waals surface area contributed by atoms with Crippen LogP contribution < -0.4 is 5.32 Å². The van der Waals surface area contributed by atoms with Gasteiger partial charge in [-0.1, -0.05) is 48.5 Å². The van der Waals surface area contributed by atoms with Crippen molar-refractivity contribution in [3.63, 3.8) is 0 Å². The van der Waals surface area contributed by atoms with E-state index in [-0.39, 0.29) is 30.6 Å². The molecule has 1 heterocycles. The van der Waals surface area contributed by atoms with E-state index < -0.39 is 0 Å². The normalized spacial score (nSPS) is 11.9. The Labute approximate surface area is 144 Å². The number of nitrogens with zero attached hydrogens (tertiary/aromatic N) is 2. The van der Waals surface area contributed by atoms with Crippen LogP contribution in [0.4, 0.5) is 4.39 Å². The summed E-state index contributed by atoms with van der Waals surface area (Å²) >= 11 is 0. The summed E-state index contributed by atoms with van der Waals surface area (Å²) in [5, 5.41) is 10.3. The highest BCUT2D eigenvalue weighted by Crippen LogP contribution is 2.29. The van der Waals surface area contributed by atoms with Gasteiger partial charge in [0.1, 0.15) is 5.82 Å². The first-order valence-electron chi connectivity index (χ1n) is 7.98. The maximum absolute atomic E-state index is 14.3. The fourth-order valence-electron chi connectivity index (χ4n) is 2.69. The average Bonchev–Trinajstić information content (AvgIpc) is 3.05. The number of rotatable bonds is 6. The topological polar surface area (TPSA) is 68.0 Å². The van der Waals surface area contributed by atoms with Crippen molar-refractivity contribution < 1.29 is 13.6 Å². The van der Waals surface area contributed by atoms with Crippen LogP contribution in [0, 0.1) is 12.7 Å². The molecular formula is C19H18FN3O2. The molecule has 128 valence electrons. The van der Waals surface area contributed by atoms with Gasteiger partial charge in [0.2, 0.25) is 17.7 Å². The monoisotopic (exact) mass is 339 g/mol. The lowest BCUT2D eigenvalue weighted by Crippen LogP contribution is -2.25. The highest BCUT2D eigenvalue weighted by molar-refractivity contribution is 5.77. The molecule has 0 fully saturated rings. The van der Waals surface area contributed by atoms with Gasteiger partial charge in [0, 0.05) is 19.3 Å². The molecule has 0 aliphatic carbocycles. The molecule has 0 radical (unpaired) electrons. The van der Waals surface area contributed by atoms with Crippen molar-refractivity contribution in [2.24, 2.45) is 0 Å². The number of halogens is 1. The zero-order valence-corrected chi connectivity index (χ0v) is 13.8. The van der Waals surface area contributed by atoms with Crippen LogP contribution in [0.25, 0.3) is 0 Å². The SMILES string of the molecule is Cc1nnc(CNC(=O)C[C@@H](c2ccccc2)c2ccccc2F)o1. The number of benzene rings is 2. The number of aromatic nitrogens is 2. The van der Waals surface area contributed by atoms with Gasteiger partial charge < -0.3 is 9.73 Å². The van der Waals surface area contributed by atoms with Crippen LogP contribution in [0.15, 0.2) is 59.0 Å². The Hall–Kier alpha value is -3.02. The minimum atomic E-state index is -0.369. The van der Waals surface area contributed by atoms with Gasteiger partial charge in [-0.05, 0) is 17.2 Å². The Morgan fingerprint density at radius 3 is 2.52 bits per heavy atom. The van der Waals surface area contributed by atoms with E-state index in [9.17, 15) is 9.18 Å². The second-order valence-electron chi connectivity index (χ2n) is 5.68. The van der Waals surface area contributed by atoms with Crippen molar-refractivity contribution in [3.05, 3.63) is 83.3 Å². The third-order valence-corrected chi connectivity index (χ3v) is 3.88. The van der Waals surface area contributed by atoms with E-state index in [2.05, 4.69) is 15.5 Å². The van der Waals surface area contributed by atoms with Crippen molar-refractivity contribution in [1.29, 1.82) is 0 Å². The summed E-state index contributed by atoms with van der Waals surface area (Å²) in [4.78, 5) is 12.4. The summed E-state index contributed by atoms with van der Waals surface area (Å²) in [6.45, 7) is 1.83. The number of carbonyl (C=O) groups is 1.